The molecule has 0 bridgehead atoms. The van der Waals surface area contributed by atoms with E-state index in [-0.39, 0.29) is 23.2 Å². The van der Waals surface area contributed by atoms with Crippen molar-refractivity contribution in [1.82, 2.24) is 0 Å². The number of rotatable bonds is 12. The van der Waals surface area contributed by atoms with E-state index in [1.54, 1.807) is 24.3 Å². The van der Waals surface area contributed by atoms with Gasteiger partial charge in [-0.2, -0.15) is 4.39 Å². The van der Waals surface area contributed by atoms with Crippen LogP contribution in [0.1, 0.15) is 83.3 Å². The third-order valence-corrected chi connectivity index (χ3v) is 7.52. The Bertz CT molecular complexity index is 1170. The first-order chi connectivity index (χ1) is 18.5. The molecular formula is C33H39F3O2. The molecule has 2 nitrogen and oxygen atoms in total. The van der Waals surface area contributed by atoms with Gasteiger partial charge in [0.25, 0.3) is 0 Å². The summed E-state index contributed by atoms with van der Waals surface area (Å²) in [6, 6.07) is 15.3. The van der Waals surface area contributed by atoms with Crippen LogP contribution in [0.4, 0.5) is 13.2 Å². The van der Waals surface area contributed by atoms with Gasteiger partial charge in [0.2, 0.25) is 5.82 Å². The lowest BCUT2D eigenvalue weighted by Gasteiger charge is -2.29. The molecular weight excluding hydrogens is 485 g/mol. The van der Waals surface area contributed by atoms with Crippen LogP contribution in [-0.2, 0) is 4.74 Å². The second kappa shape index (κ2) is 13.8. The van der Waals surface area contributed by atoms with E-state index >= 15 is 4.39 Å². The van der Waals surface area contributed by atoms with Crippen molar-refractivity contribution < 1.29 is 22.6 Å². The van der Waals surface area contributed by atoms with Crippen molar-refractivity contribution in [1.29, 1.82) is 0 Å². The van der Waals surface area contributed by atoms with Crippen LogP contribution >= 0.6 is 0 Å². The summed E-state index contributed by atoms with van der Waals surface area (Å²) in [5.41, 5.74) is 2.85. The normalized spacial score (nSPS) is 17.5. The first kappa shape index (κ1) is 28.2. The maximum Gasteiger partial charge on any atom is 0.201 e. The summed E-state index contributed by atoms with van der Waals surface area (Å²) in [6.07, 6.45) is 9.41. The van der Waals surface area contributed by atoms with Gasteiger partial charge in [-0.05, 0) is 66.5 Å². The van der Waals surface area contributed by atoms with Crippen molar-refractivity contribution in [3.05, 3.63) is 77.6 Å². The van der Waals surface area contributed by atoms with E-state index in [0.29, 0.717) is 30.3 Å². The average Bonchev–Trinajstić information content (AvgIpc) is 2.94. The first-order valence-electron chi connectivity index (χ1n) is 14.1. The lowest BCUT2D eigenvalue weighted by molar-refractivity contribution is -0.0215. The van der Waals surface area contributed by atoms with E-state index in [1.807, 2.05) is 12.1 Å². The summed E-state index contributed by atoms with van der Waals surface area (Å²) in [4.78, 5) is 0. The molecule has 0 spiro atoms. The average molecular weight is 525 g/mol. The highest BCUT2D eigenvalue weighted by Gasteiger charge is 2.25. The molecule has 3 aromatic carbocycles. The molecule has 4 rings (SSSR count). The molecule has 204 valence electrons. The standard InChI is InChI=1S/C33H39F3O2/c1-3-5-7-9-23-10-18-30(38-22-23)28-16-15-26(21-29(28)34)24-11-13-25(14-12-24)27-17-19-31(33(36)32(27)35)37-20-8-6-4-2/h11-17,19,21,23,30H,3-10,18,20,22H2,1-2H3. The number of halogens is 3. The van der Waals surface area contributed by atoms with Gasteiger partial charge in [-0.3, -0.25) is 0 Å². The van der Waals surface area contributed by atoms with Crippen LogP contribution in [0.2, 0.25) is 0 Å². The number of hydrogen-bond acceptors (Lipinski definition) is 2. The summed E-state index contributed by atoms with van der Waals surface area (Å²) in [5, 5.41) is 0. The Morgan fingerprint density at radius 2 is 1.47 bits per heavy atom. The molecule has 0 N–H and O–H groups in total. The van der Waals surface area contributed by atoms with Crippen molar-refractivity contribution in [2.24, 2.45) is 5.92 Å². The number of hydrogen-bond donors (Lipinski definition) is 0. The highest BCUT2D eigenvalue weighted by atomic mass is 19.2. The van der Waals surface area contributed by atoms with Crippen molar-refractivity contribution in [2.75, 3.05) is 13.2 Å². The number of unbranched alkanes of at least 4 members (excludes halogenated alkanes) is 4. The maximum absolute atomic E-state index is 15.1. The molecule has 0 amide bonds. The molecule has 5 heteroatoms. The van der Waals surface area contributed by atoms with Crippen molar-refractivity contribution in [3.63, 3.8) is 0 Å². The fourth-order valence-corrected chi connectivity index (χ4v) is 5.17. The van der Waals surface area contributed by atoms with Gasteiger partial charge >= 0.3 is 0 Å². The lowest BCUT2D eigenvalue weighted by atomic mass is 9.90. The first-order valence-corrected chi connectivity index (χ1v) is 14.1. The topological polar surface area (TPSA) is 18.5 Å². The summed E-state index contributed by atoms with van der Waals surface area (Å²) < 4.78 is 55.9. The van der Waals surface area contributed by atoms with E-state index in [2.05, 4.69) is 13.8 Å². The minimum absolute atomic E-state index is 0.0662. The minimum Gasteiger partial charge on any atom is -0.490 e. The Morgan fingerprint density at radius 1 is 0.763 bits per heavy atom. The highest BCUT2D eigenvalue weighted by Crippen LogP contribution is 2.36. The van der Waals surface area contributed by atoms with Crippen LogP contribution in [0.3, 0.4) is 0 Å². The van der Waals surface area contributed by atoms with Gasteiger partial charge in [0.15, 0.2) is 11.6 Å². The molecule has 0 saturated carbocycles. The van der Waals surface area contributed by atoms with Crippen molar-refractivity contribution >= 4 is 0 Å². The third-order valence-electron chi connectivity index (χ3n) is 7.52. The molecule has 2 unspecified atom stereocenters. The number of benzene rings is 3. The van der Waals surface area contributed by atoms with Crippen LogP contribution in [0.15, 0.2) is 54.6 Å². The molecule has 1 aliphatic rings. The zero-order chi connectivity index (χ0) is 26.9. The van der Waals surface area contributed by atoms with Gasteiger partial charge in [0, 0.05) is 11.1 Å². The van der Waals surface area contributed by atoms with Crippen LogP contribution in [-0.4, -0.2) is 13.2 Å². The SMILES string of the molecule is CCCCCOc1ccc(-c2ccc(-c3ccc(C4CCC(CCCCC)CO4)c(F)c3)cc2)c(F)c1F. The lowest BCUT2D eigenvalue weighted by Crippen LogP contribution is -2.21. The molecule has 1 fully saturated rings. The van der Waals surface area contributed by atoms with Gasteiger partial charge in [-0.25, -0.2) is 8.78 Å². The van der Waals surface area contributed by atoms with Crippen LogP contribution in [0.5, 0.6) is 5.75 Å². The zero-order valence-electron chi connectivity index (χ0n) is 22.6. The Hall–Kier alpha value is -2.79. The zero-order valence-corrected chi connectivity index (χ0v) is 22.6. The monoisotopic (exact) mass is 524 g/mol. The van der Waals surface area contributed by atoms with E-state index < -0.39 is 11.6 Å². The quantitative estimate of drug-likeness (QED) is 0.219. The van der Waals surface area contributed by atoms with E-state index in [9.17, 15) is 8.78 Å². The smallest absolute Gasteiger partial charge is 0.201 e. The van der Waals surface area contributed by atoms with Gasteiger partial charge < -0.3 is 9.47 Å². The largest absolute Gasteiger partial charge is 0.490 e. The molecule has 2 atom stereocenters. The molecule has 0 aliphatic carbocycles. The molecule has 3 aromatic rings. The van der Waals surface area contributed by atoms with E-state index in [0.717, 1.165) is 43.2 Å². The summed E-state index contributed by atoms with van der Waals surface area (Å²) in [7, 11) is 0. The molecule has 1 heterocycles. The van der Waals surface area contributed by atoms with E-state index in [4.69, 9.17) is 9.47 Å². The molecule has 1 aliphatic heterocycles. The predicted octanol–water partition coefficient (Wildman–Crippen LogP) is 10.1. The van der Waals surface area contributed by atoms with E-state index in [1.165, 1.54) is 43.9 Å². The summed E-state index contributed by atoms with van der Waals surface area (Å²) in [6.45, 7) is 5.33. The fraction of sp³-hybridized carbons (Fsp3) is 0.455. The van der Waals surface area contributed by atoms with Crippen molar-refractivity contribution in [2.45, 2.75) is 77.7 Å². The highest BCUT2D eigenvalue weighted by molar-refractivity contribution is 5.71. The Kier molecular flexibility index (Phi) is 10.3. The second-order valence-electron chi connectivity index (χ2n) is 10.4. The van der Waals surface area contributed by atoms with Gasteiger partial charge in [-0.1, -0.05) is 82.3 Å². The maximum atomic E-state index is 15.1. The van der Waals surface area contributed by atoms with Gasteiger partial charge in [0.05, 0.1) is 19.3 Å². The Morgan fingerprint density at radius 3 is 2.16 bits per heavy atom. The van der Waals surface area contributed by atoms with Gasteiger partial charge in [-0.15, -0.1) is 0 Å². The fourth-order valence-electron chi connectivity index (χ4n) is 5.17. The molecule has 0 aromatic heterocycles. The number of ether oxygens (including phenoxy) is 2. The third kappa shape index (κ3) is 6.99. The Balaban J connectivity index is 1.41. The van der Waals surface area contributed by atoms with Crippen LogP contribution < -0.4 is 4.74 Å². The van der Waals surface area contributed by atoms with Crippen LogP contribution in [0, 0.1) is 23.4 Å². The second-order valence-corrected chi connectivity index (χ2v) is 10.4. The van der Waals surface area contributed by atoms with Crippen LogP contribution in [0.25, 0.3) is 22.3 Å². The van der Waals surface area contributed by atoms with Crippen molar-refractivity contribution in [3.8, 4) is 28.0 Å². The Labute approximate surface area is 225 Å². The molecule has 0 radical (unpaired) electrons. The van der Waals surface area contributed by atoms with Gasteiger partial charge in [0.1, 0.15) is 5.82 Å². The molecule has 38 heavy (non-hydrogen) atoms. The summed E-state index contributed by atoms with van der Waals surface area (Å²) in [5.74, 6) is -1.67. The minimum atomic E-state index is -0.974. The molecule has 1 saturated heterocycles. The summed E-state index contributed by atoms with van der Waals surface area (Å²) >= 11 is 0. The predicted molar refractivity (Wildman–Crippen MR) is 148 cm³/mol.